The molecule has 1 nitrogen and oxygen atoms in total. The summed E-state index contributed by atoms with van der Waals surface area (Å²) in [5, 5.41) is 0. The van der Waals surface area contributed by atoms with Gasteiger partial charge >= 0.3 is 0 Å². The summed E-state index contributed by atoms with van der Waals surface area (Å²) in [4.78, 5) is 0. The topological polar surface area (TPSA) is 26.0 Å². The molecule has 0 spiro atoms. The summed E-state index contributed by atoms with van der Waals surface area (Å²) in [6.07, 6.45) is 8.75. The standard InChI is InChI=1S/C16H24FN/c1-13-12-14(4-5-15(13)17)6-9-16(10-11-18)7-2-3-8-16/h4-5,12H,2-3,6-11,18H2,1H3. The van der Waals surface area contributed by atoms with E-state index in [-0.39, 0.29) is 5.82 Å². The van der Waals surface area contributed by atoms with Gasteiger partial charge in [-0.3, -0.25) is 0 Å². The minimum atomic E-state index is -0.101. The summed E-state index contributed by atoms with van der Waals surface area (Å²) in [5.74, 6) is -0.101. The molecule has 1 aliphatic carbocycles. The van der Waals surface area contributed by atoms with Crippen molar-refractivity contribution < 1.29 is 4.39 Å². The molecule has 1 aromatic rings. The molecule has 100 valence electrons. The first kappa shape index (κ1) is 13.5. The second-order valence-electron chi connectivity index (χ2n) is 5.83. The van der Waals surface area contributed by atoms with Crippen molar-refractivity contribution >= 4 is 0 Å². The van der Waals surface area contributed by atoms with E-state index in [0.717, 1.165) is 24.9 Å². The fraction of sp³-hybridized carbons (Fsp3) is 0.625. The number of hydrogen-bond donors (Lipinski definition) is 1. The van der Waals surface area contributed by atoms with Crippen molar-refractivity contribution in [2.75, 3.05) is 6.54 Å². The molecule has 0 radical (unpaired) electrons. The van der Waals surface area contributed by atoms with Crippen molar-refractivity contribution in [1.29, 1.82) is 0 Å². The zero-order chi connectivity index (χ0) is 13.0. The highest BCUT2D eigenvalue weighted by molar-refractivity contribution is 5.24. The molecule has 0 heterocycles. The molecular weight excluding hydrogens is 225 g/mol. The van der Waals surface area contributed by atoms with Gasteiger partial charge in [0.2, 0.25) is 0 Å². The number of hydrogen-bond acceptors (Lipinski definition) is 1. The lowest BCUT2D eigenvalue weighted by Gasteiger charge is -2.28. The Hall–Kier alpha value is -0.890. The smallest absolute Gasteiger partial charge is 0.126 e. The SMILES string of the molecule is Cc1cc(CCC2(CCN)CCCC2)ccc1F. The minimum Gasteiger partial charge on any atom is -0.330 e. The lowest BCUT2D eigenvalue weighted by Crippen LogP contribution is -2.21. The van der Waals surface area contributed by atoms with Gasteiger partial charge in [-0.15, -0.1) is 0 Å². The lowest BCUT2D eigenvalue weighted by atomic mass is 9.77. The molecule has 0 aromatic heterocycles. The van der Waals surface area contributed by atoms with Crippen LogP contribution in [-0.2, 0) is 6.42 Å². The van der Waals surface area contributed by atoms with Gasteiger partial charge < -0.3 is 5.73 Å². The van der Waals surface area contributed by atoms with Crippen molar-refractivity contribution in [2.45, 2.75) is 51.9 Å². The van der Waals surface area contributed by atoms with Gasteiger partial charge in [-0.05, 0) is 68.2 Å². The predicted octanol–water partition coefficient (Wildman–Crippen LogP) is 3.98. The molecule has 1 aliphatic rings. The quantitative estimate of drug-likeness (QED) is 0.839. The summed E-state index contributed by atoms with van der Waals surface area (Å²) >= 11 is 0. The maximum atomic E-state index is 13.2. The average molecular weight is 249 g/mol. The van der Waals surface area contributed by atoms with Crippen LogP contribution in [0.2, 0.25) is 0 Å². The van der Waals surface area contributed by atoms with Crippen LogP contribution in [0.3, 0.4) is 0 Å². The molecular formula is C16H24FN. The molecule has 0 bridgehead atoms. The maximum absolute atomic E-state index is 13.2. The zero-order valence-corrected chi connectivity index (χ0v) is 11.3. The number of nitrogens with two attached hydrogens (primary N) is 1. The van der Waals surface area contributed by atoms with Gasteiger partial charge in [0.1, 0.15) is 5.82 Å². The second-order valence-corrected chi connectivity index (χ2v) is 5.83. The van der Waals surface area contributed by atoms with Crippen LogP contribution in [0.15, 0.2) is 18.2 Å². The van der Waals surface area contributed by atoms with E-state index >= 15 is 0 Å². The molecule has 1 fully saturated rings. The Morgan fingerprint density at radius 3 is 2.56 bits per heavy atom. The third kappa shape index (κ3) is 3.11. The van der Waals surface area contributed by atoms with Crippen molar-refractivity contribution in [3.8, 4) is 0 Å². The van der Waals surface area contributed by atoms with E-state index in [1.165, 1.54) is 37.7 Å². The molecule has 0 atom stereocenters. The van der Waals surface area contributed by atoms with Crippen LogP contribution in [-0.4, -0.2) is 6.54 Å². The van der Waals surface area contributed by atoms with E-state index < -0.39 is 0 Å². The van der Waals surface area contributed by atoms with E-state index in [4.69, 9.17) is 5.73 Å². The van der Waals surface area contributed by atoms with Gasteiger partial charge in [-0.25, -0.2) is 4.39 Å². The van der Waals surface area contributed by atoms with Crippen molar-refractivity contribution in [1.82, 2.24) is 0 Å². The summed E-state index contributed by atoms with van der Waals surface area (Å²) in [6, 6.07) is 5.50. The Morgan fingerprint density at radius 2 is 1.94 bits per heavy atom. The Morgan fingerprint density at radius 1 is 1.22 bits per heavy atom. The van der Waals surface area contributed by atoms with Crippen LogP contribution < -0.4 is 5.73 Å². The monoisotopic (exact) mass is 249 g/mol. The highest BCUT2D eigenvalue weighted by Crippen LogP contribution is 2.44. The Kier molecular flexibility index (Phi) is 4.39. The molecule has 0 amide bonds. The predicted molar refractivity (Wildman–Crippen MR) is 74.0 cm³/mol. The minimum absolute atomic E-state index is 0.101. The molecule has 2 heteroatoms. The Labute approximate surface area is 110 Å². The third-order valence-electron chi connectivity index (χ3n) is 4.51. The lowest BCUT2D eigenvalue weighted by molar-refractivity contribution is 0.253. The van der Waals surface area contributed by atoms with Crippen LogP contribution in [0.1, 0.15) is 49.7 Å². The Bertz CT molecular complexity index is 394. The summed E-state index contributed by atoms with van der Waals surface area (Å²) in [7, 11) is 0. The fourth-order valence-corrected chi connectivity index (χ4v) is 3.33. The highest BCUT2D eigenvalue weighted by atomic mass is 19.1. The first-order valence-electron chi connectivity index (χ1n) is 7.10. The van der Waals surface area contributed by atoms with Crippen LogP contribution in [0.4, 0.5) is 4.39 Å². The second kappa shape index (κ2) is 5.83. The van der Waals surface area contributed by atoms with Gasteiger partial charge in [-0.2, -0.15) is 0 Å². The number of benzene rings is 1. The molecule has 2 rings (SSSR count). The fourth-order valence-electron chi connectivity index (χ4n) is 3.33. The number of aryl methyl sites for hydroxylation is 2. The molecule has 1 saturated carbocycles. The van der Waals surface area contributed by atoms with Gasteiger partial charge in [0, 0.05) is 0 Å². The van der Waals surface area contributed by atoms with Gasteiger partial charge in [0.15, 0.2) is 0 Å². The summed E-state index contributed by atoms with van der Waals surface area (Å²) in [6.45, 7) is 2.63. The molecule has 0 saturated heterocycles. The normalized spacial score (nSPS) is 18.2. The van der Waals surface area contributed by atoms with E-state index in [1.54, 1.807) is 6.07 Å². The number of halogens is 1. The molecule has 2 N–H and O–H groups in total. The average Bonchev–Trinajstić information content (AvgIpc) is 2.80. The van der Waals surface area contributed by atoms with E-state index in [1.807, 2.05) is 19.1 Å². The summed E-state index contributed by atoms with van der Waals surface area (Å²) < 4.78 is 13.2. The van der Waals surface area contributed by atoms with Crippen LogP contribution in [0.5, 0.6) is 0 Å². The van der Waals surface area contributed by atoms with Gasteiger partial charge in [-0.1, -0.05) is 25.0 Å². The summed E-state index contributed by atoms with van der Waals surface area (Å²) in [5.41, 5.74) is 8.24. The first-order valence-corrected chi connectivity index (χ1v) is 7.10. The van der Waals surface area contributed by atoms with Crippen molar-refractivity contribution in [3.05, 3.63) is 35.1 Å². The van der Waals surface area contributed by atoms with E-state index in [0.29, 0.717) is 5.41 Å². The maximum Gasteiger partial charge on any atom is 0.126 e. The van der Waals surface area contributed by atoms with Crippen LogP contribution in [0.25, 0.3) is 0 Å². The van der Waals surface area contributed by atoms with E-state index in [2.05, 4.69) is 0 Å². The third-order valence-corrected chi connectivity index (χ3v) is 4.51. The van der Waals surface area contributed by atoms with Crippen molar-refractivity contribution in [2.24, 2.45) is 11.1 Å². The molecule has 0 aliphatic heterocycles. The van der Waals surface area contributed by atoms with Crippen LogP contribution >= 0.6 is 0 Å². The zero-order valence-electron chi connectivity index (χ0n) is 11.3. The van der Waals surface area contributed by atoms with Crippen molar-refractivity contribution in [3.63, 3.8) is 0 Å². The molecule has 1 aromatic carbocycles. The molecule has 0 unspecified atom stereocenters. The van der Waals surface area contributed by atoms with Crippen LogP contribution in [0, 0.1) is 18.2 Å². The highest BCUT2D eigenvalue weighted by Gasteiger charge is 2.32. The largest absolute Gasteiger partial charge is 0.330 e. The molecule has 18 heavy (non-hydrogen) atoms. The van der Waals surface area contributed by atoms with Gasteiger partial charge in [0.25, 0.3) is 0 Å². The van der Waals surface area contributed by atoms with Gasteiger partial charge in [0.05, 0.1) is 0 Å². The Balaban J connectivity index is 1.98. The number of rotatable bonds is 5. The van der Waals surface area contributed by atoms with E-state index in [9.17, 15) is 4.39 Å². The first-order chi connectivity index (χ1) is 8.65.